The Bertz CT molecular complexity index is 996. The Morgan fingerprint density at radius 1 is 1.05 bits per heavy atom. The predicted molar refractivity (Wildman–Crippen MR) is 143 cm³/mol. The highest BCUT2D eigenvalue weighted by Gasteiger charge is 2.45. The average Bonchev–Trinajstić information content (AvgIpc) is 2.84. The third kappa shape index (κ3) is 8.62. The fourth-order valence-electron chi connectivity index (χ4n) is 4.55. The Balaban J connectivity index is 1.81. The smallest absolute Gasteiger partial charge is 0.187 e. The number of carbonyl (C=O) groups excluding carboxylic acids is 1. The number of aromatic hydroxyl groups is 2. The monoisotopic (exact) mass is 536 g/mol. The Hall–Kier alpha value is -2.27. The van der Waals surface area contributed by atoms with E-state index in [1.807, 2.05) is 26.8 Å². The van der Waals surface area contributed by atoms with Gasteiger partial charge in [0.05, 0.1) is 17.8 Å². The Morgan fingerprint density at radius 2 is 1.71 bits per heavy atom. The molecular formula is C29H44O9. The Kier molecular flexibility index (Phi) is 11.9. The van der Waals surface area contributed by atoms with Crippen LogP contribution in [0.5, 0.6) is 11.5 Å². The second-order valence-corrected chi connectivity index (χ2v) is 10.8. The van der Waals surface area contributed by atoms with Gasteiger partial charge in [-0.05, 0) is 84.8 Å². The second-order valence-electron chi connectivity index (χ2n) is 10.8. The summed E-state index contributed by atoms with van der Waals surface area (Å²) in [6, 6.07) is 1.49. The van der Waals surface area contributed by atoms with Crippen LogP contribution in [0.1, 0.15) is 81.3 Å². The summed E-state index contributed by atoms with van der Waals surface area (Å²) in [5, 5.41) is 59.9. The number of rotatable bonds is 13. The van der Waals surface area contributed by atoms with Crippen molar-refractivity contribution in [1.82, 2.24) is 0 Å². The molecular weight excluding hydrogens is 492 g/mol. The molecule has 1 aliphatic rings. The number of phenolic OH excluding ortho intramolecular Hbond substituents is 2. The van der Waals surface area contributed by atoms with Crippen LogP contribution in [0.15, 0.2) is 29.4 Å². The summed E-state index contributed by atoms with van der Waals surface area (Å²) in [5.74, 6) is -0.195. The van der Waals surface area contributed by atoms with Crippen molar-refractivity contribution in [2.45, 2.75) is 109 Å². The number of hydrogen-bond acceptors (Lipinski definition) is 9. The van der Waals surface area contributed by atoms with E-state index in [0.29, 0.717) is 30.3 Å². The van der Waals surface area contributed by atoms with Crippen LogP contribution in [0.4, 0.5) is 0 Å². The molecule has 5 unspecified atom stereocenters. The maximum atomic E-state index is 11.2. The van der Waals surface area contributed by atoms with Gasteiger partial charge in [-0.2, -0.15) is 0 Å². The first kappa shape index (κ1) is 31.9. The molecule has 0 radical (unpaired) electrons. The van der Waals surface area contributed by atoms with Gasteiger partial charge in [0.25, 0.3) is 0 Å². The summed E-state index contributed by atoms with van der Waals surface area (Å²) < 4.78 is 11.4. The van der Waals surface area contributed by atoms with Gasteiger partial charge in [-0.25, -0.2) is 0 Å². The van der Waals surface area contributed by atoms with E-state index in [4.69, 9.17) is 9.47 Å². The lowest BCUT2D eigenvalue weighted by molar-refractivity contribution is -0.323. The Labute approximate surface area is 225 Å². The van der Waals surface area contributed by atoms with Crippen LogP contribution in [0.2, 0.25) is 0 Å². The number of carbonyl (C=O) groups is 1. The third-order valence-corrected chi connectivity index (χ3v) is 7.07. The lowest BCUT2D eigenvalue weighted by Gasteiger charge is -2.42. The Morgan fingerprint density at radius 3 is 2.34 bits per heavy atom. The number of allylic oxidation sites excluding steroid dienone is 4. The molecule has 0 bridgehead atoms. The summed E-state index contributed by atoms with van der Waals surface area (Å²) in [6.07, 6.45) is 2.59. The standard InChI is InChI=1S/C29H44O9/c1-17(8-6-9-18(2)11-12-20-22(32)14-19(3)21(15-30)24(20)33)10-7-13-29(4,5)38-28-27(36)26(35)25(34)23(16-31)37-28/h8,11,14-15,23,25-28,31-36H,6-7,9-10,12-13,16H2,1-5H3. The molecule has 38 heavy (non-hydrogen) atoms. The molecule has 1 fully saturated rings. The summed E-state index contributed by atoms with van der Waals surface area (Å²) in [4.78, 5) is 11.2. The fraction of sp³-hybridized carbons (Fsp3) is 0.621. The van der Waals surface area contributed by atoms with Gasteiger partial charge in [-0.1, -0.05) is 23.3 Å². The lowest BCUT2D eigenvalue weighted by atomic mass is 9.96. The number of phenols is 2. The zero-order valence-corrected chi connectivity index (χ0v) is 23.1. The number of aryl methyl sites for hydroxylation is 1. The SMILES string of the molecule is CC(=CCc1c(O)cc(C)c(C=O)c1O)CCC=C(C)CCCC(C)(C)OC1OC(CO)C(O)C(O)C1O. The van der Waals surface area contributed by atoms with Crippen molar-refractivity contribution in [3.05, 3.63) is 46.1 Å². The number of ether oxygens (including phenoxy) is 2. The molecule has 214 valence electrons. The topological polar surface area (TPSA) is 157 Å². The first-order valence-corrected chi connectivity index (χ1v) is 13.1. The van der Waals surface area contributed by atoms with Crippen molar-refractivity contribution in [2.75, 3.05) is 6.61 Å². The van der Waals surface area contributed by atoms with Gasteiger partial charge in [-0.15, -0.1) is 0 Å². The van der Waals surface area contributed by atoms with Crippen molar-refractivity contribution in [3.63, 3.8) is 0 Å². The summed E-state index contributed by atoms with van der Waals surface area (Å²) in [7, 11) is 0. The molecule has 1 heterocycles. The van der Waals surface area contributed by atoms with Gasteiger partial charge in [0.1, 0.15) is 35.9 Å². The molecule has 1 saturated heterocycles. The van der Waals surface area contributed by atoms with Crippen molar-refractivity contribution in [3.8, 4) is 11.5 Å². The van der Waals surface area contributed by atoms with E-state index in [1.54, 1.807) is 6.92 Å². The molecule has 0 spiro atoms. The minimum Gasteiger partial charge on any atom is -0.508 e. The summed E-state index contributed by atoms with van der Waals surface area (Å²) in [6.45, 7) is 8.95. The maximum Gasteiger partial charge on any atom is 0.187 e. The van der Waals surface area contributed by atoms with Crippen molar-refractivity contribution in [2.24, 2.45) is 0 Å². The zero-order chi connectivity index (χ0) is 28.6. The average molecular weight is 537 g/mol. The third-order valence-electron chi connectivity index (χ3n) is 7.07. The van der Waals surface area contributed by atoms with Gasteiger partial charge in [0.15, 0.2) is 12.6 Å². The molecule has 1 aromatic carbocycles. The highest BCUT2D eigenvalue weighted by atomic mass is 16.7. The van der Waals surface area contributed by atoms with Crippen LogP contribution in [0, 0.1) is 6.92 Å². The van der Waals surface area contributed by atoms with Crippen LogP contribution < -0.4 is 0 Å². The van der Waals surface area contributed by atoms with Gasteiger partial charge in [0.2, 0.25) is 0 Å². The van der Waals surface area contributed by atoms with Crippen LogP contribution in [0.25, 0.3) is 0 Å². The van der Waals surface area contributed by atoms with E-state index >= 15 is 0 Å². The molecule has 9 heteroatoms. The molecule has 6 N–H and O–H groups in total. The minimum atomic E-state index is -1.47. The molecule has 0 saturated carbocycles. The molecule has 9 nitrogen and oxygen atoms in total. The molecule has 1 aromatic rings. The first-order chi connectivity index (χ1) is 17.8. The predicted octanol–water partition coefficient (Wildman–Crippen LogP) is 3.20. The van der Waals surface area contributed by atoms with E-state index in [1.165, 1.54) is 11.6 Å². The van der Waals surface area contributed by atoms with Crippen LogP contribution in [-0.2, 0) is 15.9 Å². The number of hydrogen-bond donors (Lipinski definition) is 6. The minimum absolute atomic E-state index is 0.0242. The lowest BCUT2D eigenvalue weighted by Crippen LogP contribution is -2.60. The van der Waals surface area contributed by atoms with E-state index in [0.717, 1.165) is 31.3 Å². The van der Waals surface area contributed by atoms with Crippen LogP contribution >= 0.6 is 0 Å². The number of benzene rings is 1. The van der Waals surface area contributed by atoms with Gasteiger partial charge in [-0.3, -0.25) is 4.79 Å². The van der Waals surface area contributed by atoms with E-state index < -0.39 is 42.9 Å². The van der Waals surface area contributed by atoms with Gasteiger partial charge >= 0.3 is 0 Å². The van der Waals surface area contributed by atoms with E-state index in [9.17, 15) is 35.4 Å². The fourth-order valence-corrected chi connectivity index (χ4v) is 4.55. The van der Waals surface area contributed by atoms with Crippen molar-refractivity contribution < 1.29 is 44.9 Å². The zero-order valence-electron chi connectivity index (χ0n) is 23.1. The first-order valence-electron chi connectivity index (χ1n) is 13.1. The molecule has 2 rings (SSSR count). The molecule has 0 amide bonds. The van der Waals surface area contributed by atoms with Gasteiger partial charge < -0.3 is 40.1 Å². The van der Waals surface area contributed by atoms with Crippen LogP contribution in [-0.4, -0.2) is 79.8 Å². The summed E-state index contributed by atoms with van der Waals surface area (Å²) >= 11 is 0. The molecule has 5 atom stereocenters. The largest absolute Gasteiger partial charge is 0.508 e. The summed E-state index contributed by atoms with van der Waals surface area (Å²) in [5.41, 5.74) is 2.75. The number of aliphatic hydroxyl groups is 4. The number of aliphatic hydroxyl groups excluding tert-OH is 4. The van der Waals surface area contributed by atoms with E-state index in [2.05, 4.69) is 13.0 Å². The molecule has 0 aromatic heterocycles. The maximum absolute atomic E-state index is 11.2. The normalized spacial score (nSPS) is 25.0. The highest BCUT2D eigenvalue weighted by Crippen LogP contribution is 2.33. The van der Waals surface area contributed by atoms with Crippen molar-refractivity contribution in [1.29, 1.82) is 0 Å². The second kappa shape index (κ2) is 14.2. The molecule has 1 aliphatic heterocycles. The van der Waals surface area contributed by atoms with Crippen LogP contribution in [0.3, 0.4) is 0 Å². The van der Waals surface area contributed by atoms with E-state index in [-0.39, 0.29) is 17.1 Å². The molecule has 0 aliphatic carbocycles. The number of aldehydes is 1. The van der Waals surface area contributed by atoms with Gasteiger partial charge in [0, 0.05) is 5.56 Å². The van der Waals surface area contributed by atoms with Crippen molar-refractivity contribution >= 4 is 6.29 Å². The quantitative estimate of drug-likeness (QED) is 0.165. The highest BCUT2D eigenvalue weighted by molar-refractivity contribution is 5.83.